The maximum atomic E-state index is 11.6. The standard InChI is InChI=1S/C7H14F3NO2S/c1-2-14(12,13)5-3-4-11-6-7(8,9)10/h11H,2-6H2,1H3. The zero-order chi connectivity index (χ0) is 11.2. The third-order valence-electron chi connectivity index (χ3n) is 1.57. The minimum absolute atomic E-state index is 0.0340. The smallest absolute Gasteiger partial charge is 0.309 e. The van der Waals surface area contributed by atoms with Gasteiger partial charge in [0.2, 0.25) is 0 Å². The van der Waals surface area contributed by atoms with Gasteiger partial charge >= 0.3 is 6.18 Å². The molecule has 0 amide bonds. The quantitative estimate of drug-likeness (QED) is 0.695. The second-order valence-corrected chi connectivity index (χ2v) is 5.35. The summed E-state index contributed by atoms with van der Waals surface area (Å²) < 4.78 is 56.6. The van der Waals surface area contributed by atoms with Gasteiger partial charge in [-0.2, -0.15) is 13.2 Å². The number of nitrogens with one attached hydrogen (secondary N) is 1. The molecule has 0 aliphatic carbocycles. The van der Waals surface area contributed by atoms with Crippen LogP contribution in [0.25, 0.3) is 0 Å². The Morgan fingerprint density at radius 1 is 1.29 bits per heavy atom. The van der Waals surface area contributed by atoms with Crippen molar-refractivity contribution in [2.45, 2.75) is 19.5 Å². The largest absolute Gasteiger partial charge is 0.401 e. The molecule has 0 rings (SSSR count). The van der Waals surface area contributed by atoms with Gasteiger partial charge < -0.3 is 5.32 Å². The minimum atomic E-state index is -4.23. The first kappa shape index (κ1) is 13.7. The molecule has 0 bridgehead atoms. The molecule has 0 atom stereocenters. The molecular weight excluding hydrogens is 219 g/mol. The lowest BCUT2D eigenvalue weighted by atomic mass is 10.4. The van der Waals surface area contributed by atoms with Crippen molar-refractivity contribution in [2.75, 3.05) is 24.6 Å². The van der Waals surface area contributed by atoms with Crippen LogP contribution in [0.15, 0.2) is 0 Å². The molecule has 0 fully saturated rings. The van der Waals surface area contributed by atoms with Gasteiger partial charge in [-0.15, -0.1) is 0 Å². The molecule has 0 unspecified atom stereocenters. The van der Waals surface area contributed by atoms with Crippen LogP contribution >= 0.6 is 0 Å². The van der Waals surface area contributed by atoms with E-state index in [4.69, 9.17) is 0 Å². The van der Waals surface area contributed by atoms with E-state index in [2.05, 4.69) is 5.32 Å². The average Bonchev–Trinajstić information content (AvgIpc) is 2.01. The van der Waals surface area contributed by atoms with Gasteiger partial charge in [0.15, 0.2) is 0 Å². The van der Waals surface area contributed by atoms with E-state index in [1.165, 1.54) is 6.92 Å². The number of sulfone groups is 1. The van der Waals surface area contributed by atoms with E-state index in [-0.39, 0.29) is 24.5 Å². The molecule has 0 aliphatic rings. The summed E-state index contributed by atoms with van der Waals surface area (Å²) in [5, 5.41) is 2.13. The number of rotatable bonds is 6. The SMILES string of the molecule is CCS(=O)(=O)CCCNCC(F)(F)F. The first-order valence-corrected chi connectivity index (χ1v) is 6.07. The predicted molar refractivity (Wildman–Crippen MR) is 47.9 cm³/mol. The van der Waals surface area contributed by atoms with Crippen molar-refractivity contribution in [3.05, 3.63) is 0 Å². The summed E-state index contributed by atoms with van der Waals surface area (Å²) in [7, 11) is -3.06. The zero-order valence-electron chi connectivity index (χ0n) is 7.89. The van der Waals surface area contributed by atoms with Gasteiger partial charge in [-0.05, 0) is 13.0 Å². The fourth-order valence-corrected chi connectivity index (χ4v) is 1.66. The number of hydrogen-bond donors (Lipinski definition) is 1. The van der Waals surface area contributed by atoms with E-state index in [1.54, 1.807) is 0 Å². The first-order chi connectivity index (χ1) is 6.27. The van der Waals surface area contributed by atoms with Crippen LogP contribution < -0.4 is 5.32 Å². The maximum Gasteiger partial charge on any atom is 0.401 e. The van der Waals surface area contributed by atoms with Gasteiger partial charge in [-0.25, -0.2) is 8.42 Å². The Balaban J connectivity index is 3.49. The van der Waals surface area contributed by atoms with Gasteiger partial charge in [0, 0.05) is 5.75 Å². The van der Waals surface area contributed by atoms with Crippen molar-refractivity contribution in [3.8, 4) is 0 Å². The molecule has 0 spiro atoms. The van der Waals surface area contributed by atoms with E-state index >= 15 is 0 Å². The monoisotopic (exact) mass is 233 g/mol. The Bertz CT molecular complexity index is 248. The Hall–Kier alpha value is -0.300. The number of halogens is 3. The zero-order valence-corrected chi connectivity index (χ0v) is 8.71. The Morgan fingerprint density at radius 3 is 2.29 bits per heavy atom. The van der Waals surface area contributed by atoms with Gasteiger partial charge in [-0.1, -0.05) is 6.92 Å². The summed E-state index contributed by atoms with van der Waals surface area (Å²) in [4.78, 5) is 0. The van der Waals surface area contributed by atoms with E-state index in [0.717, 1.165) is 0 Å². The van der Waals surface area contributed by atoms with Crippen molar-refractivity contribution < 1.29 is 21.6 Å². The summed E-state index contributed by atoms with van der Waals surface area (Å²) in [5.74, 6) is -0.0272. The molecule has 1 N–H and O–H groups in total. The molecule has 0 aromatic rings. The lowest BCUT2D eigenvalue weighted by Gasteiger charge is -2.07. The molecule has 3 nitrogen and oxygen atoms in total. The molecule has 0 aromatic carbocycles. The number of alkyl halides is 3. The van der Waals surface area contributed by atoms with Crippen molar-refractivity contribution in [1.82, 2.24) is 5.32 Å². The average molecular weight is 233 g/mol. The topological polar surface area (TPSA) is 46.2 Å². The van der Waals surface area contributed by atoms with Crippen molar-refractivity contribution in [2.24, 2.45) is 0 Å². The van der Waals surface area contributed by atoms with Crippen molar-refractivity contribution >= 4 is 9.84 Å². The van der Waals surface area contributed by atoms with Crippen LogP contribution in [-0.4, -0.2) is 39.2 Å². The minimum Gasteiger partial charge on any atom is -0.309 e. The summed E-state index contributed by atoms with van der Waals surface area (Å²) in [5.41, 5.74) is 0. The Labute approximate surface area is 81.6 Å². The van der Waals surface area contributed by atoms with E-state index < -0.39 is 22.6 Å². The van der Waals surface area contributed by atoms with Crippen LogP contribution in [0.2, 0.25) is 0 Å². The summed E-state index contributed by atoms with van der Waals surface area (Å²) in [6.45, 7) is 0.510. The highest BCUT2D eigenvalue weighted by Crippen LogP contribution is 2.11. The summed E-state index contributed by atoms with van der Waals surface area (Å²) in [6.07, 6.45) is -4.02. The molecule has 0 heterocycles. The molecule has 7 heteroatoms. The first-order valence-electron chi connectivity index (χ1n) is 4.25. The van der Waals surface area contributed by atoms with Crippen LogP contribution in [0.3, 0.4) is 0 Å². The predicted octanol–water partition coefficient (Wildman–Crippen LogP) is 0.963. The third kappa shape index (κ3) is 8.31. The van der Waals surface area contributed by atoms with Gasteiger partial charge in [-0.3, -0.25) is 0 Å². The fourth-order valence-electron chi connectivity index (χ4n) is 0.792. The highest BCUT2D eigenvalue weighted by Gasteiger charge is 2.25. The number of hydrogen-bond acceptors (Lipinski definition) is 3. The second kappa shape index (κ2) is 5.55. The van der Waals surface area contributed by atoms with Crippen molar-refractivity contribution in [1.29, 1.82) is 0 Å². The lowest BCUT2D eigenvalue weighted by molar-refractivity contribution is -0.124. The molecule has 0 aliphatic heterocycles. The molecule has 14 heavy (non-hydrogen) atoms. The van der Waals surface area contributed by atoms with Crippen LogP contribution in [0.4, 0.5) is 13.2 Å². The van der Waals surface area contributed by atoms with Gasteiger partial charge in [0.05, 0.1) is 12.3 Å². The Kier molecular flexibility index (Phi) is 5.43. The molecule has 0 saturated carbocycles. The van der Waals surface area contributed by atoms with E-state index in [9.17, 15) is 21.6 Å². The van der Waals surface area contributed by atoms with Crippen LogP contribution in [0.5, 0.6) is 0 Å². The Morgan fingerprint density at radius 2 is 1.86 bits per heavy atom. The fraction of sp³-hybridized carbons (Fsp3) is 1.00. The van der Waals surface area contributed by atoms with E-state index in [1.807, 2.05) is 0 Å². The van der Waals surface area contributed by atoms with Crippen molar-refractivity contribution in [3.63, 3.8) is 0 Å². The summed E-state index contributed by atoms with van der Waals surface area (Å²) >= 11 is 0. The molecule has 0 radical (unpaired) electrons. The van der Waals surface area contributed by atoms with E-state index in [0.29, 0.717) is 0 Å². The third-order valence-corrected chi connectivity index (χ3v) is 3.36. The molecule has 0 aromatic heterocycles. The highest BCUT2D eigenvalue weighted by atomic mass is 32.2. The van der Waals surface area contributed by atoms with Gasteiger partial charge in [0.1, 0.15) is 9.84 Å². The summed E-state index contributed by atoms with van der Waals surface area (Å²) in [6, 6.07) is 0. The molecular formula is C7H14F3NO2S. The van der Waals surface area contributed by atoms with Crippen LogP contribution in [0, 0.1) is 0 Å². The van der Waals surface area contributed by atoms with Crippen LogP contribution in [0.1, 0.15) is 13.3 Å². The van der Waals surface area contributed by atoms with Crippen LogP contribution in [-0.2, 0) is 9.84 Å². The molecule has 86 valence electrons. The lowest BCUT2D eigenvalue weighted by Crippen LogP contribution is -2.30. The molecule has 0 saturated heterocycles. The van der Waals surface area contributed by atoms with Gasteiger partial charge in [0.25, 0.3) is 0 Å². The normalized spacial score (nSPS) is 13.1. The maximum absolute atomic E-state index is 11.6. The highest BCUT2D eigenvalue weighted by molar-refractivity contribution is 7.91. The second-order valence-electron chi connectivity index (χ2n) is 2.88.